The molecule has 6 heteroatoms. The van der Waals surface area contributed by atoms with Crippen LogP contribution in [0.5, 0.6) is 0 Å². The maximum absolute atomic E-state index is 12.3. The minimum absolute atomic E-state index is 0.0167. The Morgan fingerprint density at radius 3 is 2.81 bits per heavy atom. The van der Waals surface area contributed by atoms with E-state index in [0.29, 0.717) is 6.54 Å². The topological polar surface area (TPSA) is 58.9 Å². The van der Waals surface area contributed by atoms with E-state index in [2.05, 4.69) is 33.4 Å². The number of nitrogens with zero attached hydrogens (tertiary/aromatic N) is 3. The van der Waals surface area contributed by atoms with Gasteiger partial charge in [0.2, 0.25) is 5.91 Å². The molecule has 1 aliphatic rings. The SMILES string of the molecule is O=C(Cc1cn2ccccc2n1)NCc1cccc(CN2CCOCC2)c1. The number of hydrogen-bond donors (Lipinski definition) is 1. The number of imidazole rings is 1. The molecule has 1 fully saturated rings. The van der Waals surface area contributed by atoms with Gasteiger partial charge >= 0.3 is 0 Å². The number of rotatable bonds is 6. The Morgan fingerprint density at radius 2 is 1.96 bits per heavy atom. The molecule has 1 aromatic carbocycles. The normalized spacial score (nSPS) is 15.1. The largest absolute Gasteiger partial charge is 0.379 e. The number of aromatic nitrogens is 2. The van der Waals surface area contributed by atoms with Gasteiger partial charge in [0.25, 0.3) is 0 Å². The summed E-state index contributed by atoms with van der Waals surface area (Å²) < 4.78 is 7.33. The van der Waals surface area contributed by atoms with Crippen LogP contribution in [0, 0.1) is 0 Å². The molecule has 6 nitrogen and oxygen atoms in total. The van der Waals surface area contributed by atoms with Crippen LogP contribution in [-0.2, 0) is 29.0 Å². The second kappa shape index (κ2) is 8.33. The molecule has 3 aromatic rings. The summed E-state index contributed by atoms with van der Waals surface area (Å²) in [6.07, 6.45) is 4.12. The number of hydrogen-bond acceptors (Lipinski definition) is 4. The van der Waals surface area contributed by atoms with Crippen LogP contribution in [0.15, 0.2) is 54.9 Å². The fourth-order valence-corrected chi connectivity index (χ4v) is 3.36. The van der Waals surface area contributed by atoms with Gasteiger partial charge in [-0.15, -0.1) is 0 Å². The molecule has 1 N–H and O–H groups in total. The van der Waals surface area contributed by atoms with Gasteiger partial charge in [0, 0.05) is 38.6 Å². The van der Waals surface area contributed by atoms with Gasteiger partial charge in [-0.05, 0) is 23.3 Å². The first-order valence-electron chi connectivity index (χ1n) is 9.33. The minimum Gasteiger partial charge on any atom is -0.379 e. The highest BCUT2D eigenvalue weighted by Crippen LogP contribution is 2.10. The minimum atomic E-state index is -0.0167. The molecule has 4 rings (SSSR count). The number of pyridine rings is 1. The van der Waals surface area contributed by atoms with E-state index in [9.17, 15) is 4.79 Å². The van der Waals surface area contributed by atoms with Crippen LogP contribution in [0.4, 0.5) is 0 Å². The average molecular weight is 364 g/mol. The van der Waals surface area contributed by atoms with Gasteiger partial charge in [0.05, 0.1) is 25.3 Å². The average Bonchev–Trinajstić information content (AvgIpc) is 3.10. The molecule has 1 amide bonds. The Balaban J connectivity index is 1.31. The Labute approximate surface area is 158 Å². The number of carbonyl (C=O) groups excluding carboxylic acids is 1. The molecule has 0 saturated carbocycles. The maximum Gasteiger partial charge on any atom is 0.226 e. The van der Waals surface area contributed by atoms with Crippen LogP contribution in [0.25, 0.3) is 5.65 Å². The summed E-state index contributed by atoms with van der Waals surface area (Å²) in [7, 11) is 0. The van der Waals surface area contributed by atoms with E-state index in [1.807, 2.05) is 41.1 Å². The molecule has 0 aliphatic carbocycles. The maximum atomic E-state index is 12.3. The summed E-state index contributed by atoms with van der Waals surface area (Å²) in [4.78, 5) is 19.1. The van der Waals surface area contributed by atoms with Gasteiger partial charge < -0.3 is 14.5 Å². The van der Waals surface area contributed by atoms with Gasteiger partial charge in [-0.25, -0.2) is 4.98 Å². The van der Waals surface area contributed by atoms with Crippen LogP contribution >= 0.6 is 0 Å². The molecule has 140 valence electrons. The van der Waals surface area contributed by atoms with Crippen molar-refractivity contribution in [3.63, 3.8) is 0 Å². The van der Waals surface area contributed by atoms with Gasteiger partial charge in [-0.1, -0.05) is 30.3 Å². The van der Waals surface area contributed by atoms with Crippen LogP contribution in [0.3, 0.4) is 0 Å². The summed E-state index contributed by atoms with van der Waals surface area (Å²) in [5.41, 5.74) is 4.02. The lowest BCUT2D eigenvalue weighted by Gasteiger charge is -2.26. The van der Waals surface area contributed by atoms with Gasteiger partial charge in [-0.2, -0.15) is 0 Å². The van der Waals surface area contributed by atoms with E-state index >= 15 is 0 Å². The van der Waals surface area contributed by atoms with E-state index in [1.165, 1.54) is 5.56 Å². The first kappa shape index (κ1) is 17.7. The quantitative estimate of drug-likeness (QED) is 0.727. The van der Waals surface area contributed by atoms with Crippen molar-refractivity contribution in [1.82, 2.24) is 19.6 Å². The number of fused-ring (bicyclic) bond motifs is 1. The molecule has 0 atom stereocenters. The third kappa shape index (κ3) is 4.72. The fraction of sp³-hybridized carbons (Fsp3) is 0.333. The van der Waals surface area contributed by atoms with Crippen molar-refractivity contribution in [3.05, 3.63) is 71.7 Å². The van der Waals surface area contributed by atoms with Crippen LogP contribution in [0.2, 0.25) is 0 Å². The van der Waals surface area contributed by atoms with E-state index in [-0.39, 0.29) is 12.3 Å². The molecule has 1 aliphatic heterocycles. The zero-order chi connectivity index (χ0) is 18.5. The summed E-state index contributed by atoms with van der Waals surface area (Å²) in [6.45, 7) is 5.01. The molecule has 2 aromatic heterocycles. The van der Waals surface area contributed by atoms with Crippen molar-refractivity contribution in [2.24, 2.45) is 0 Å². The van der Waals surface area contributed by atoms with Crippen LogP contribution in [-0.4, -0.2) is 46.5 Å². The Kier molecular flexibility index (Phi) is 5.46. The molecule has 27 heavy (non-hydrogen) atoms. The van der Waals surface area contributed by atoms with Crippen molar-refractivity contribution >= 4 is 11.6 Å². The third-order valence-electron chi connectivity index (χ3n) is 4.75. The monoisotopic (exact) mass is 364 g/mol. The summed E-state index contributed by atoms with van der Waals surface area (Å²) in [5, 5.41) is 3.00. The highest BCUT2D eigenvalue weighted by Gasteiger charge is 2.11. The zero-order valence-corrected chi connectivity index (χ0v) is 15.3. The lowest BCUT2D eigenvalue weighted by Crippen LogP contribution is -2.35. The van der Waals surface area contributed by atoms with Gasteiger partial charge in [0.15, 0.2) is 0 Å². The summed E-state index contributed by atoms with van der Waals surface area (Å²) in [5.74, 6) is -0.0167. The van der Waals surface area contributed by atoms with E-state index < -0.39 is 0 Å². The second-order valence-corrected chi connectivity index (χ2v) is 6.86. The molecule has 0 unspecified atom stereocenters. The van der Waals surface area contributed by atoms with Crippen LogP contribution < -0.4 is 5.32 Å². The van der Waals surface area contributed by atoms with Gasteiger partial charge in [-0.3, -0.25) is 9.69 Å². The fourth-order valence-electron chi connectivity index (χ4n) is 3.36. The highest BCUT2D eigenvalue weighted by atomic mass is 16.5. The zero-order valence-electron chi connectivity index (χ0n) is 15.3. The predicted octanol–water partition coefficient (Wildman–Crippen LogP) is 2.03. The van der Waals surface area contributed by atoms with E-state index in [1.54, 1.807) is 0 Å². The number of benzene rings is 1. The molecule has 0 bridgehead atoms. The Bertz CT molecular complexity index is 882. The lowest BCUT2D eigenvalue weighted by molar-refractivity contribution is -0.120. The number of ether oxygens (including phenoxy) is 1. The Hall–Kier alpha value is -2.70. The van der Waals surface area contributed by atoms with Crippen molar-refractivity contribution in [1.29, 1.82) is 0 Å². The summed E-state index contributed by atoms with van der Waals surface area (Å²) in [6, 6.07) is 14.2. The van der Waals surface area contributed by atoms with Gasteiger partial charge in [0.1, 0.15) is 5.65 Å². The van der Waals surface area contributed by atoms with E-state index in [0.717, 1.165) is 49.8 Å². The first-order chi connectivity index (χ1) is 13.3. The van der Waals surface area contributed by atoms with Crippen molar-refractivity contribution in [2.75, 3.05) is 26.3 Å². The smallest absolute Gasteiger partial charge is 0.226 e. The number of amides is 1. The lowest BCUT2D eigenvalue weighted by atomic mass is 10.1. The number of morpholine rings is 1. The Morgan fingerprint density at radius 1 is 1.11 bits per heavy atom. The number of carbonyl (C=O) groups is 1. The van der Waals surface area contributed by atoms with Crippen LogP contribution in [0.1, 0.15) is 16.8 Å². The predicted molar refractivity (Wildman–Crippen MR) is 103 cm³/mol. The van der Waals surface area contributed by atoms with Crippen molar-refractivity contribution in [2.45, 2.75) is 19.5 Å². The molecule has 3 heterocycles. The molecule has 0 radical (unpaired) electrons. The standard InChI is InChI=1S/C21H24N4O2/c26-21(13-19-16-25-7-2-1-6-20(25)23-19)22-14-17-4-3-5-18(12-17)15-24-8-10-27-11-9-24/h1-7,12,16H,8-11,13-15H2,(H,22,26). The van der Waals surface area contributed by atoms with E-state index in [4.69, 9.17) is 4.74 Å². The molecule has 1 saturated heterocycles. The molecular formula is C21H24N4O2. The third-order valence-corrected chi connectivity index (χ3v) is 4.75. The summed E-state index contributed by atoms with van der Waals surface area (Å²) >= 11 is 0. The van der Waals surface area contributed by atoms with Crippen molar-refractivity contribution in [3.8, 4) is 0 Å². The molecule has 0 spiro atoms. The first-order valence-corrected chi connectivity index (χ1v) is 9.33. The molecular weight excluding hydrogens is 340 g/mol. The second-order valence-electron chi connectivity index (χ2n) is 6.86. The number of nitrogens with one attached hydrogen (secondary N) is 1. The van der Waals surface area contributed by atoms with Crippen molar-refractivity contribution < 1.29 is 9.53 Å². The highest BCUT2D eigenvalue weighted by molar-refractivity contribution is 5.78.